The van der Waals surface area contributed by atoms with Crippen molar-refractivity contribution in [2.45, 2.75) is 201 Å². The van der Waals surface area contributed by atoms with Crippen molar-refractivity contribution in [3.63, 3.8) is 0 Å². The van der Waals surface area contributed by atoms with Gasteiger partial charge >= 0.3 is 6.09 Å². The zero-order chi connectivity index (χ0) is 38.2. The molecule has 302 valence electrons. The number of carbonyl (C=O) groups excluding carboxylic acids is 1. The third-order valence-electron chi connectivity index (χ3n) is 16.3. The van der Waals surface area contributed by atoms with E-state index < -0.39 is 0 Å². The Morgan fingerprint density at radius 1 is 0.865 bits per heavy atom. The van der Waals surface area contributed by atoms with Crippen LogP contribution < -0.4 is 16.8 Å². The molecule has 0 saturated heterocycles. The van der Waals surface area contributed by atoms with Gasteiger partial charge in [-0.05, 0) is 156 Å². The van der Waals surface area contributed by atoms with Crippen LogP contribution in [0.5, 0.6) is 0 Å². The second-order valence-electron chi connectivity index (χ2n) is 19.6. The van der Waals surface area contributed by atoms with E-state index in [0.29, 0.717) is 12.0 Å². The molecule has 3 fully saturated rings. The summed E-state index contributed by atoms with van der Waals surface area (Å²) in [5.74, 6) is 5.06. The average Bonchev–Trinajstić information content (AvgIpc) is 3.49. The number of hydrogen-bond acceptors (Lipinski definition) is 5. The predicted molar refractivity (Wildman–Crippen MR) is 221 cm³/mol. The van der Waals surface area contributed by atoms with Gasteiger partial charge in [0.1, 0.15) is 6.10 Å². The number of fused-ring (bicyclic) bond motifs is 5. The lowest BCUT2D eigenvalue weighted by Gasteiger charge is -2.58. The Balaban J connectivity index is 1.33. The molecule has 0 unspecified atom stereocenters. The minimum absolute atomic E-state index is 0.0161. The SMILES string of the molecule is CCC(N)(CC)CCNCCCCN(CCC(N)(CC)CC)C(=O)O[C@H]1CC[C@@]2(C)C(=CC[C@H]3[C@@H]4CC[C@H]([C@H](C)CCCC(C)C)[C@@]4(C)CC[C@@H]32)C1. The van der Waals surface area contributed by atoms with Crippen molar-refractivity contribution in [2.24, 2.45) is 57.8 Å². The van der Waals surface area contributed by atoms with Crippen LogP contribution in [0.4, 0.5) is 4.79 Å². The van der Waals surface area contributed by atoms with Gasteiger partial charge in [-0.3, -0.25) is 0 Å². The lowest BCUT2D eigenvalue weighted by Crippen LogP contribution is -2.51. The number of allylic oxidation sites excluding steroid dienone is 1. The van der Waals surface area contributed by atoms with Crippen LogP contribution in [0, 0.1) is 46.3 Å². The van der Waals surface area contributed by atoms with Crippen LogP contribution >= 0.6 is 0 Å². The van der Waals surface area contributed by atoms with Crippen LogP contribution in [0.25, 0.3) is 0 Å². The van der Waals surface area contributed by atoms with Crippen LogP contribution in [0.2, 0.25) is 0 Å². The zero-order valence-corrected chi connectivity index (χ0v) is 35.8. The number of unbranched alkanes of at least 4 members (excludes halogenated alkanes) is 1. The second-order valence-corrected chi connectivity index (χ2v) is 19.6. The molecular formula is C46H86N4O2. The first-order chi connectivity index (χ1) is 24.7. The summed E-state index contributed by atoms with van der Waals surface area (Å²) in [5, 5.41) is 3.59. The maximum atomic E-state index is 13.9. The molecule has 52 heavy (non-hydrogen) atoms. The van der Waals surface area contributed by atoms with Gasteiger partial charge in [-0.2, -0.15) is 0 Å². The van der Waals surface area contributed by atoms with E-state index in [1.807, 2.05) is 4.90 Å². The predicted octanol–water partition coefficient (Wildman–Crippen LogP) is 11.0. The van der Waals surface area contributed by atoms with Crippen LogP contribution in [0.1, 0.15) is 184 Å². The molecule has 1 amide bonds. The van der Waals surface area contributed by atoms with E-state index in [2.05, 4.69) is 73.7 Å². The highest BCUT2D eigenvalue weighted by Crippen LogP contribution is 2.67. The Bertz CT molecular complexity index is 1130. The van der Waals surface area contributed by atoms with Crippen LogP contribution in [-0.2, 0) is 4.74 Å². The lowest BCUT2D eigenvalue weighted by molar-refractivity contribution is -0.0594. The number of amides is 1. The summed E-state index contributed by atoms with van der Waals surface area (Å²) >= 11 is 0. The monoisotopic (exact) mass is 727 g/mol. The second kappa shape index (κ2) is 19.2. The third-order valence-corrected chi connectivity index (χ3v) is 16.3. The van der Waals surface area contributed by atoms with Gasteiger partial charge in [-0.15, -0.1) is 0 Å². The summed E-state index contributed by atoms with van der Waals surface area (Å²) in [4.78, 5) is 15.9. The van der Waals surface area contributed by atoms with Crippen LogP contribution in [0.3, 0.4) is 0 Å². The molecule has 6 nitrogen and oxygen atoms in total. The number of nitrogens with two attached hydrogens (primary N) is 2. The van der Waals surface area contributed by atoms with E-state index in [0.717, 1.165) is 126 Å². The van der Waals surface area contributed by atoms with Crippen molar-refractivity contribution in [2.75, 3.05) is 26.2 Å². The molecule has 5 N–H and O–H groups in total. The molecule has 0 aliphatic heterocycles. The Kier molecular flexibility index (Phi) is 16.1. The van der Waals surface area contributed by atoms with E-state index in [1.165, 1.54) is 51.4 Å². The van der Waals surface area contributed by atoms with E-state index in [-0.39, 0.29) is 28.7 Å². The highest BCUT2D eigenvalue weighted by Gasteiger charge is 2.59. The van der Waals surface area contributed by atoms with Gasteiger partial charge in [0, 0.05) is 30.6 Å². The quantitative estimate of drug-likeness (QED) is 0.0809. The van der Waals surface area contributed by atoms with Crippen molar-refractivity contribution in [1.29, 1.82) is 0 Å². The van der Waals surface area contributed by atoms with E-state index in [9.17, 15) is 4.79 Å². The van der Waals surface area contributed by atoms with Gasteiger partial charge in [0.15, 0.2) is 0 Å². The number of nitrogens with zero attached hydrogens (tertiary/aromatic N) is 1. The highest BCUT2D eigenvalue weighted by molar-refractivity contribution is 5.68. The number of hydrogen-bond donors (Lipinski definition) is 3. The van der Waals surface area contributed by atoms with E-state index in [1.54, 1.807) is 5.57 Å². The lowest BCUT2D eigenvalue weighted by atomic mass is 9.47. The number of rotatable bonds is 21. The van der Waals surface area contributed by atoms with Gasteiger partial charge in [0.05, 0.1) is 0 Å². The maximum absolute atomic E-state index is 13.9. The smallest absolute Gasteiger partial charge is 0.410 e. The summed E-state index contributed by atoms with van der Waals surface area (Å²) in [6.45, 7) is 24.6. The van der Waals surface area contributed by atoms with Gasteiger partial charge in [-0.25, -0.2) is 4.79 Å². The zero-order valence-electron chi connectivity index (χ0n) is 35.8. The highest BCUT2D eigenvalue weighted by atomic mass is 16.6. The summed E-state index contributed by atoms with van der Waals surface area (Å²) in [6, 6.07) is 0. The van der Waals surface area contributed by atoms with Gasteiger partial charge in [0.2, 0.25) is 0 Å². The minimum atomic E-state index is -0.231. The Morgan fingerprint density at radius 2 is 1.56 bits per heavy atom. The van der Waals surface area contributed by atoms with Gasteiger partial charge < -0.3 is 26.4 Å². The number of nitrogens with one attached hydrogen (secondary N) is 1. The molecule has 4 aliphatic rings. The largest absolute Gasteiger partial charge is 0.446 e. The van der Waals surface area contributed by atoms with E-state index in [4.69, 9.17) is 16.2 Å². The molecule has 0 radical (unpaired) electrons. The fraction of sp³-hybridized carbons (Fsp3) is 0.935. The Morgan fingerprint density at radius 3 is 2.23 bits per heavy atom. The number of ether oxygens (including phenoxy) is 1. The molecular weight excluding hydrogens is 641 g/mol. The van der Waals surface area contributed by atoms with Crippen LogP contribution in [-0.4, -0.2) is 54.4 Å². The molecule has 4 rings (SSSR count). The fourth-order valence-electron chi connectivity index (χ4n) is 11.8. The first kappa shape index (κ1) is 43.6. The molecule has 6 heteroatoms. The van der Waals surface area contributed by atoms with Crippen LogP contribution in [0.15, 0.2) is 11.6 Å². The van der Waals surface area contributed by atoms with Crippen molar-refractivity contribution in [3.8, 4) is 0 Å². The summed E-state index contributed by atoms with van der Waals surface area (Å²) in [5.41, 5.74) is 15.3. The summed E-state index contributed by atoms with van der Waals surface area (Å²) < 4.78 is 6.42. The van der Waals surface area contributed by atoms with Crippen molar-refractivity contribution < 1.29 is 9.53 Å². The molecule has 0 aromatic rings. The van der Waals surface area contributed by atoms with Gasteiger partial charge in [-0.1, -0.05) is 93.2 Å². The molecule has 4 aliphatic carbocycles. The summed E-state index contributed by atoms with van der Waals surface area (Å²) in [7, 11) is 0. The minimum Gasteiger partial charge on any atom is -0.446 e. The van der Waals surface area contributed by atoms with E-state index >= 15 is 0 Å². The average molecular weight is 727 g/mol. The standard InChI is InChI=1S/C46H86N4O2/c1-10-45(47,11-2)27-30-49-29-14-15-31-50(32-28-46(48,12-3)13-4)42(51)52-37-23-25-43(8)36(33-37)19-20-38-40-22-21-39(35(7)18-16-17-34(5)6)44(40,9)26-24-41(38)43/h19,34-35,37-41,49H,10-18,20-33,47-48H2,1-9H3/t35-,37+,38+,39-,40+,41+,43+,44-/m1/s1. The molecule has 0 spiro atoms. The van der Waals surface area contributed by atoms with Crippen molar-refractivity contribution in [3.05, 3.63) is 11.6 Å². The normalized spacial score (nSPS) is 31.1. The molecule has 0 heterocycles. The molecule has 3 saturated carbocycles. The van der Waals surface area contributed by atoms with Crippen molar-refractivity contribution in [1.82, 2.24) is 10.2 Å². The maximum Gasteiger partial charge on any atom is 0.410 e. The Hall–Kier alpha value is -1.11. The molecule has 8 atom stereocenters. The third kappa shape index (κ3) is 10.4. The number of carbonyl (C=O) groups is 1. The van der Waals surface area contributed by atoms with Gasteiger partial charge in [0.25, 0.3) is 0 Å². The fourth-order valence-corrected chi connectivity index (χ4v) is 11.8. The topological polar surface area (TPSA) is 93.6 Å². The first-order valence-corrected chi connectivity index (χ1v) is 22.6. The molecule has 0 bridgehead atoms. The summed E-state index contributed by atoms with van der Waals surface area (Å²) in [6.07, 6.45) is 24.3. The molecule has 0 aromatic heterocycles. The van der Waals surface area contributed by atoms with Crippen molar-refractivity contribution >= 4 is 6.09 Å². The Labute approximate surface area is 322 Å². The molecule has 0 aromatic carbocycles. The first-order valence-electron chi connectivity index (χ1n) is 22.6.